The fourth-order valence-electron chi connectivity index (χ4n) is 3.06. The van der Waals surface area contributed by atoms with Gasteiger partial charge in [-0.1, -0.05) is 31.2 Å². The molecule has 0 saturated heterocycles. The molecule has 5 heteroatoms. The number of hydrogen-bond acceptors (Lipinski definition) is 2. The summed E-state index contributed by atoms with van der Waals surface area (Å²) in [6, 6.07) is 17.9. The highest BCUT2D eigenvalue weighted by molar-refractivity contribution is 9.10. The molecule has 2 aromatic carbocycles. The molecule has 1 amide bonds. The Labute approximate surface area is 168 Å². The molecule has 0 bridgehead atoms. The van der Waals surface area contributed by atoms with Crippen molar-refractivity contribution >= 4 is 28.1 Å². The van der Waals surface area contributed by atoms with Crippen molar-refractivity contribution in [2.75, 3.05) is 0 Å². The summed E-state index contributed by atoms with van der Waals surface area (Å²) in [7, 11) is 0. The van der Waals surface area contributed by atoms with Gasteiger partial charge in [-0.25, -0.2) is 5.43 Å². The van der Waals surface area contributed by atoms with Gasteiger partial charge in [-0.2, -0.15) is 5.10 Å². The Hall–Kier alpha value is -2.66. The quantitative estimate of drug-likeness (QED) is 0.445. The van der Waals surface area contributed by atoms with Crippen LogP contribution >= 0.6 is 15.9 Å². The van der Waals surface area contributed by atoms with Gasteiger partial charge in [0.25, 0.3) is 5.91 Å². The standard InChI is InChI=1S/C22H22BrN3O/c1-4-17-9-11-19(12-10-17)26-15(2)13-18(16(26)3)14-24-25-22(27)20-7-5-6-8-21(20)23/h5-14H,4H2,1-3H3,(H,25,27)/b24-14-. The Morgan fingerprint density at radius 1 is 1.15 bits per heavy atom. The molecule has 1 aromatic heterocycles. The molecule has 3 rings (SSSR count). The molecule has 1 N–H and O–H groups in total. The highest BCUT2D eigenvalue weighted by Gasteiger charge is 2.10. The molecule has 1 heterocycles. The molecule has 0 radical (unpaired) electrons. The van der Waals surface area contributed by atoms with Crippen molar-refractivity contribution in [3.63, 3.8) is 0 Å². The van der Waals surface area contributed by atoms with Crippen LogP contribution in [0.5, 0.6) is 0 Å². The Bertz CT molecular complexity index is 987. The van der Waals surface area contributed by atoms with Crippen molar-refractivity contribution in [2.45, 2.75) is 27.2 Å². The number of aryl methyl sites for hydroxylation is 2. The third kappa shape index (κ3) is 4.19. The van der Waals surface area contributed by atoms with Crippen LogP contribution in [-0.4, -0.2) is 16.7 Å². The predicted octanol–water partition coefficient (Wildman–Crippen LogP) is 5.18. The first-order valence-electron chi connectivity index (χ1n) is 8.87. The summed E-state index contributed by atoms with van der Waals surface area (Å²) >= 11 is 3.38. The van der Waals surface area contributed by atoms with E-state index in [0.29, 0.717) is 5.56 Å². The van der Waals surface area contributed by atoms with E-state index >= 15 is 0 Å². The van der Waals surface area contributed by atoms with Crippen molar-refractivity contribution in [2.24, 2.45) is 5.10 Å². The largest absolute Gasteiger partial charge is 0.318 e. The Morgan fingerprint density at radius 2 is 1.85 bits per heavy atom. The number of nitrogens with one attached hydrogen (secondary N) is 1. The molecule has 0 aliphatic carbocycles. The Balaban J connectivity index is 1.79. The zero-order valence-corrected chi connectivity index (χ0v) is 17.2. The molecule has 0 aliphatic heterocycles. The van der Waals surface area contributed by atoms with Crippen LogP contribution in [0.1, 0.15) is 39.8 Å². The summed E-state index contributed by atoms with van der Waals surface area (Å²) in [6.45, 7) is 6.27. The smallest absolute Gasteiger partial charge is 0.272 e. The number of hydrogen-bond donors (Lipinski definition) is 1. The molecule has 138 valence electrons. The second-order valence-electron chi connectivity index (χ2n) is 6.36. The molecule has 0 fully saturated rings. The number of rotatable bonds is 5. The van der Waals surface area contributed by atoms with Gasteiger partial charge in [0.1, 0.15) is 0 Å². The number of benzene rings is 2. The minimum absolute atomic E-state index is 0.248. The minimum atomic E-state index is -0.248. The first kappa shape index (κ1) is 19.1. The van der Waals surface area contributed by atoms with Gasteiger partial charge in [0.05, 0.1) is 11.8 Å². The lowest BCUT2D eigenvalue weighted by Crippen LogP contribution is -2.18. The molecule has 3 aromatic rings. The number of carbonyl (C=O) groups is 1. The van der Waals surface area contributed by atoms with Crippen molar-refractivity contribution in [1.29, 1.82) is 0 Å². The number of hydrazone groups is 1. The number of aromatic nitrogens is 1. The lowest BCUT2D eigenvalue weighted by molar-refractivity contribution is 0.0954. The van der Waals surface area contributed by atoms with E-state index < -0.39 is 0 Å². The van der Waals surface area contributed by atoms with Crippen molar-refractivity contribution in [3.05, 3.63) is 87.1 Å². The van der Waals surface area contributed by atoms with E-state index in [9.17, 15) is 4.79 Å². The second-order valence-corrected chi connectivity index (χ2v) is 7.22. The third-order valence-corrected chi connectivity index (χ3v) is 5.25. The van der Waals surface area contributed by atoms with Crippen molar-refractivity contribution in [1.82, 2.24) is 9.99 Å². The summed E-state index contributed by atoms with van der Waals surface area (Å²) in [6.07, 6.45) is 2.72. The lowest BCUT2D eigenvalue weighted by atomic mass is 10.1. The fourth-order valence-corrected chi connectivity index (χ4v) is 3.53. The summed E-state index contributed by atoms with van der Waals surface area (Å²) in [4.78, 5) is 12.2. The Morgan fingerprint density at radius 3 is 2.52 bits per heavy atom. The molecular formula is C22H22BrN3O. The van der Waals surface area contributed by atoms with Crippen LogP contribution < -0.4 is 5.43 Å². The van der Waals surface area contributed by atoms with Gasteiger partial charge < -0.3 is 4.57 Å². The summed E-state index contributed by atoms with van der Waals surface area (Å²) in [5.74, 6) is -0.248. The summed E-state index contributed by atoms with van der Waals surface area (Å²) in [5, 5.41) is 4.14. The molecule has 0 aliphatic rings. The van der Waals surface area contributed by atoms with Crippen LogP contribution in [-0.2, 0) is 6.42 Å². The summed E-state index contributed by atoms with van der Waals surface area (Å²) < 4.78 is 2.93. The van der Waals surface area contributed by atoms with Crippen LogP contribution in [0, 0.1) is 13.8 Å². The van der Waals surface area contributed by atoms with Gasteiger partial charge in [0.2, 0.25) is 0 Å². The first-order chi connectivity index (χ1) is 13.0. The second kappa shape index (κ2) is 8.35. The van der Waals surface area contributed by atoms with Gasteiger partial charge in [0, 0.05) is 27.1 Å². The van der Waals surface area contributed by atoms with E-state index in [0.717, 1.165) is 33.5 Å². The normalized spacial score (nSPS) is 11.1. The minimum Gasteiger partial charge on any atom is -0.318 e. The number of halogens is 1. The molecular weight excluding hydrogens is 402 g/mol. The highest BCUT2D eigenvalue weighted by Crippen LogP contribution is 2.20. The van der Waals surface area contributed by atoms with Gasteiger partial charge >= 0.3 is 0 Å². The fraction of sp³-hybridized carbons (Fsp3) is 0.182. The molecule has 0 saturated carbocycles. The maximum atomic E-state index is 12.2. The van der Waals surface area contributed by atoms with Crippen LogP contribution in [0.3, 0.4) is 0 Å². The first-order valence-corrected chi connectivity index (χ1v) is 9.66. The van der Waals surface area contributed by atoms with Crippen LogP contribution in [0.25, 0.3) is 5.69 Å². The van der Waals surface area contributed by atoms with Crippen LogP contribution in [0.2, 0.25) is 0 Å². The maximum absolute atomic E-state index is 12.2. The van der Waals surface area contributed by atoms with Gasteiger partial charge in [-0.15, -0.1) is 0 Å². The zero-order valence-electron chi connectivity index (χ0n) is 15.7. The van der Waals surface area contributed by atoms with E-state index in [4.69, 9.17) is 0 Å². The SMILES string of the molecule is CCc1ccc(-n2c(C)cc(/C=N\NC(=O)c3ccccc3Br)c2C)cc1. The molecule has 27 heavy (non-hydrogen) atoms. The predicted molar refractivity (Wildman–Crippen MR) is 114 cm³/mol. The zero-order chi connectivity index (χ0) is 19.4. The van der Waals surface area contributed by atoms with E-state index in [1.807, 2.05) is 18.2 Å². The molecule has 4 nitrogen and oxygen atoms in total. The van der Waals surface area contributed by atoms with E-state index in [1.54, 1.807) is 12.3 Å². The molecule has 0 unspecified atom stereocenters. The monoisotopic (exact) mass is 423 g/mol. The number of carbonyl (C=O) groups excluding carboxylic acids is 1. The molecule has 0 spiro atoms. The lowest BCUT2D eigenvalue weighted by Gasteiger charge is -2.10. The van der Waals surface area contributed by atoms with Gasteiger partial charge in [-0.3, -0.25) is 4.79 Å². The average Bonchev–Trinajstić information content (AvgIpc) is 2.95. The van der Waals surface area contributed by atoms with E-state index in [-0.39, 0.29) is 5.91 Å². The van der Waals surface area contributed by atoms with Crippen LogP contribution in [0.4, 0.5) is 0 Å². The van der Waals surface area contributed by atoms with Gasteiger partial charge in [0.15, 0.2) is 0 Å². The summed E-state index contributed by atoms with van der Waals surface area (Å²) in [5.41, 5.74) is 8.76. The molecule has 0 atom stereocenters. The highest BCUT2D eigenvalue weighted by atomic mass is 79.9. The van der Waals surface area contributed by atoms with Crippen molar-refractivity contribution < 1.29 is 4.79 Å². The average molecular weight is 424 g/mol. The third-order valence-electron chi connectivity index (χ3n) is 4.56. The van der Waals surface area contributed by atoms with E-state index in [2.05, 4.69) is 82.1 Å². The number of nitrogens with zero attached hydrogens (tertiary/aromatic N) is 2. The van der Waals surface area contributed by atoms with Crippen LogP contribution in [0.15, 0.2) is 64.2 Å². The van der Waals surface area contributed by atoms with E-state index in [1.165, 1.54) is 5.56 Å². The Kier molecular flexibility index (Phi) is 5.91. The van der Waals surface area contributed by atoms with Crippen molar-refractivity contribution in [3.8, 4) is 5.69 Å². The van der Waals surface area contributed by atoms with Gasteiger partial charge in [-0.05, 0) is 72.1 Å². The topological polar surface area (TPSA) is 46.4 Å². The number of amides is 1. The maximum Gasteiger partial charge on any atom is 0.272 e.